The van der Waals surface area contributed by atoms with Crippen molar-refractivity contribution in [3.8, 4) is 0 Å². The van der Waals surface area contributed by atoms with E-state index in [2.05, 4.69) is 0 Å². The first-order valence-corrected chi connectivity index (χ1v) is 6.75. The maximum absolute atomic E-state index is 11.7. The van der Waals surface area contributed by atoms with Gasteiger partial charge >= 0.3 is 5.97 Å². The predicted molar refractivity (Wildman–Crippen MR) is 70.8 cm³/mol. The Balaban J connectivity index is 2.22. The molecular weight excluding hydrogens is 244 g/mol. The highest BCUT2D eigenvalue weighted by Gasteiger charge is 2.25. The molecule has 1 aromatic rings. The highest BCUT2D eigenvalue weighted by atomic mass is 16.5. The van der Waals surface area contributed by atoms with Crippen molar-refractivity contribution in [3.63, 3.8) is 0 Å². The van der Waals surface area contributed by atoms with Crippen molar-refractivity contribution >= 4 is 5.97 Å². The zero-order valence-electron chi connectivity index (χ0n) is 11.2. The Labute approximate surface area is 113 Å². The van der Waals surface area contributed by atoms with Crippen molar-refractivity contribution < 1.29 is 19.4 Å². The van der Waals surface area contributed by atoms with Crippen molar-refractivity contribution in [3.05, 3.63) is 35.4 Å². The average Bonchev–Trinajstić information content (AvgIpc) is 2.47. The molecule has 0 bridgehead atoms. The van der Waals surface area contributed by atoms with E-state index in [4.69, 9.17) is 9.47 Å². The zero-order chi connectivity index (χ0) is 13.7. The lowest BCUT2D eigenvalue weighted by Gasteiger charge is -2.25. The minimum Gasteiger partial charge on any atom is -0.464 e. The van der Waals surface area contributed by atoms with Crippen molar-refractivity contribution in [1.82, 2.24) is 0 Å². The van der Waals surface area contributed by atoms with Gasteiger partial charge in [-0.25, -0.2) is 4.79 Å². The Morgan fingerprint density at radius 2 is 2.11 bits per heavy atom. The molecule has 1 atom stereocenters. The van der Waals surface area contributed by atoms with E-state index in [1.165, 1.54) is 0 Å². The van der Waals surface area contributed by atoms with Crippen LogP contribution in [0.5, 0.6) is 0 Å². The normalized spacial score (nSPS) is 18.0. The van der Waals surface area contributed by atoms with Crippen LogP contribution >= 0.6 is 0 Å². The maximum Gasteiger partial charge on any atom is 0.339 e. The van der Waals surface area contributed by atoms with Gasteiger partial charge in [0.1, 0.15) is 0 Å². The number of benzene rings is 1. The van der Waals surface area contributed by atoms with Gasteiger partial charge in [0.15, 0.2) is 6.10 Å². The molecule has 2 rings (SSSR count). The molecule has 1 unspecified atom stereocenters. The Bertz CT molecular complexity index is 424. The first kappa shape index (κ1) is 14.0. The van der Waals surface area contributed by atoms with Gasteiger partial charge < -0.3 is 14.6 Å². The number of carbonyl (C=O) groups is 1. The smallest absolute Gasteiger partial charge is 0.339 e. The van der Waals surface area contributed by atoms with Crippen LogP contribution in [0.2, 0.25) is 0 Å². The van der Waals surface area contributed by atoms with Crippen LogP contribution in [-0.4, -0.2) is 30.9 Å². The highest BCUT2D eigenvalue weighted by Crippen LogP contribution is 2.32. The molecule has 0 aliphatic carbocycles. The van der Waals surface area contributed by atoms with Gasteiger partial charge in [-0.3, -0.25) is 0 Å². The van der Waals surface area contributed by atoms with Crippen LogP contribution in [-0.2, 0) is 14.3 Å². The lowest BCUT2D eigenvalue weighted by molar-refractivity contribution is -0.153. The fourth-order valence-electron chi connectivity index (χ4n) is 2.49. The molecule has 4 nitrogen and oxygen atoms in total. The standard InChI is InChI=1S/C15H20O4/c1-2-19-15(17)14(16)13-6-4-3-5-12(13)11-7-9-18-10-8-11/h3-6,11,14,16H,2,7-10H2,1H3. The molecule has 1 heterocycles. The molecular formula is C15H20O4. The van der Waals surface area contributed by atoms with Crippen LogP contribution in [0.3, 0.4) is 0 Å². The summed E-state index contributed by atoms with van der Waals surface area (Å²) in [5.74, 6) is -0.240. The third kappa shape index (κ3) is 3.33. The van der Waals surface area contributed by atoms with Crippen LogP contribution in [0.4, 0.5) is 0 Å². The van der Waals surface area contributed by atoms with Gasteiger partial charge in [0.25, 0.3) is 0 Å². The van der Waals surface area contributed by atoms with Crippen LogP contribution in [0.1, 0.15) is 42.9 Å². The molecule has 0 aromatic heterocycles. The second kappa shape index (κ2) is 6.68. The quantitative estimate of drug-likeness (QED) is 0.847. The van der Waals surface area contributed by atoms with Gasteiger partial charge in [-0.05, 0) is 36.8 Å². The molecule has 0 spiro atoms. The summed E-state index contributed by atoms with van der Waals surface area (Å²) < 4.78 is 10.2. The maximum atomic E-state index is 11.7. The van der Waals surface area contributed by atoms with Crippen LogP contribution < -0.4 is 0 Å². The SMILES string of the molecule is CCOC(=O)C(O)c1ccccc1C1CCOCC1. The van der Waals surface area contributed by atoms with Gasteiger partial charge in [-0.15, -0.1) is 0 Å². The highest BCUT2D eigenvalue weighted by molar-refractivity contribution is 5.76. The van der Waals surface area contributed by atoms with Crippen molar-refractivity contribution in [2.24, 2.45) is 0 Å². The minimum atomic E-state index is -1.20. The van der Waals surface area contributed by atoms with Gasteiger partial charge in [0.2, 0.25) is 0 Å². The number of hydrogen-bond donors (Lipinski definition) is 1. The molecule has 0 radical (unpaired) electrons. The molecule has 0 amide bonds. The third-order valence-electron chi connectivity index (χ3n) is 3.46. The fraction of sp³-hybridized carbons (Fsp3) is 0.533. The average molecular weight is 264 g/mol. The summed E-state index contributed by atoms with van der Waals surface area (Å²) >= 11 is 0. The number of carbonyl (C=O) groups excluding carboxylic acids is 1. The van der Waals surface area contributed by atoms with Gasteiger partial charge in [-0.2, -0.15) is 0 Å². The van der Waals surface area contributed by atoms with Crippen LogP contribution in [0, 0.1) is 0 Å². The lowest BCUT2D eigenvalue weighted by atomic mass is 9.86. The Morgan fingerprint density at radius 3 is 2.79 bits per heavy atom. The molecule has 19 heavy (non-hydrogen) atoms. The number of aliphatic hydroxyl groups excluding tert-OH is 1. The molecule has 1 aliphatic rings. The monoisotopic (exact) mass is 264 g/mol. The van der Waals surface area contributed by atoms with Gasteiger partial charge in [0, 0.05) is 13.2 Å². The van der Waals surface area contributed by atoms with E-state index in [1.807, 2.05) is 18.2 Å². The van der Waals surface area contributed by atoms with E-state index < -0.39 is 12.1 Å². The van der Waals surface area contributed by atoms with Crippen molar-refractivity contribution in [2.45, 2.75) is 31.8 Å². The number of esters is 1. The van der Waals surface area contributed by atoms with E-state index in [1.54, 1.807) is 13.0 Å². The molecule has 4 heteroatoms. The Hall–Kier alpha value is -1.39. The Morgan fingerprint density at radius 1 is 1.42 bits per heavy atom. The summed E-state index contributed by atoms with van der Waals surface area (Å²) in [6, 6.07) is 7.55. The summed E-state index contributed by atoms with van der Waals surface area (Å²) in [4.78, 5) is 11.7. The van der Waals surface area contributed by atoms with Crippen LogP contribution in [0.15, 0.2) is 24.3 Å². The number of ether oxygens (including phenoxy) is 2. The third-order valence-corrected chi connectivity index (χ3v) is 3.46. The largest absolute Gasteiger partial charge is 0.464 e. The zero-order valence-corrected chi connectivity index (χ0v) is 11.2. The summed E-state index contributed by atoms with van der Waals surface area (Å²) in [7, 11) is 0. The topological polar surface area (TPSA) is 55.8 Å². The van der Waals surface area contributed by atoms with E-state index >= 15 is 0 Å². The van der Waals surface area contributed by atoms with E-state index in [0.29, 0.717) is 11.5 Å². The first-order valence-electron chi connectivity index (χ1n) is 6.75. The van der Waals surface area contributed by atoms with Crippen molar-refractivity contribution in [1.29, 1.82) is 0 Å². The summed E-state index contributed by atoms with van der Waals surface area (Å²) in [5, 5.41) is 10.1. The predicted octanol–water partition coefficient (Wildman–Crippen LogP) is 2.18. The van der Waals surface area contributed by atoms with Gasteiger partial charge in [0.05, 0.1) is 6.61 Å². The summed E-state index contributed by atoms with van der Waals surface area (Å²) in [5.41, 5.74) is 1.69. The molecule has 1 saturated heterocycles. The molecule has 1 N–H and O–H groups in total. The summed E-state index contributed by atoms with van der Waals surface area (Å²) in [6.07, 6.45) is 0.651. The molecule has 1 fully saturated rings. The molecule has 0 saturated carbocycles. The minimum absolute atomic E-state index is 0.273. The van der Waals surface area contributed by atoms with Crippen LogP contribution in [0.25, 0.3) is 0 Å². The van der Waals surface area contributed by atoms with E-state index in [0.717, 1.165) is 31.6 Å². The summed E-state index contributed by atoms with van der Waals surface area (Å²) in [6.45, 7) is 3.47. The second-order valence-corrected chi connectivity index (χ2v) is 4.67. The fourth-order valence-corrected chi connectivity index (χ4v) is 2.49. The molecule has 104 valence electrons. The van der Waals surface area contributed by atoms with E-state index in [-0.39, 0.29) is 6.61 Å². The second-order valence-electron chi connectivity index (χ2n) is 4.67. The van der Waals surface area contributed by atoms with E-state index in [9.17, 15) is 9.90 Å². The van der Waals surface area contributed by atoms with Crippen molar-refractivity contribution in [2.75, 3.05) is 19.8 Å². The Kier molecular flexibility index (Phi) is 4.93. The lowest BCUT2D eigenvalue weighted by Crippen LogP contribution is -2.20. The molecule has 1 aromatic carbocycles. The van der Waals surface area contributed by atoms with Gasteiger partial charge in [-0.1, -0.05) is 24.3 Å². The first-order chi connectivity index (χ1) is 9.24. The molecule has 1 aliphatic heterocycles. The number of aliphatic hydroxyl groups is 1. The number of hydrogen-bond acceptors (Lipinski definition) is 4. The number of rotatable bonds is 4.